The summed E-state index contributed by atoms with van der Waals surface area (Å²) < 4.78 is 1.82. The molecule has 45 heavy (non-hydrogen) atoms. The average molecular weight is 614 g/mol. The molecular formula is C32H39N9O4. The molecule has 0 aliphatic heterocycles. The minimum atomic E-state index is -0.436. The number of aryl methyl sites for hydroxylation is 3. The van der Waals surface area contributed by atoms with Crippen LogP contribution in [0.25, 0.3) is 11.0 Å². The van der Waals surface area contributed by atoms with Crippen molar-refractivity contribution in [3.05, 3.63) is 82.9 Å². The third-order valence-electron chi connectivity index (χ3n) is 7.00. The smallest absolute Gasteiger partial charge is 0.319 e. The molecule has 13 heteroatoms. The Morgan fingerprint density at radius 2 is 1.73 bits per heavy atom. The number of amides is 4. The van der Waals surface area contributed by atoms with Crippen LogP contribution in [-0.2, 0) is 13.0 Å². The number of phenolic OH excluding ortho intramolecular Hbond substituents is 1. The molecule has 0 atom stereocenters. The van der Waals surface area contributed by atoms with Gasteiger partial charge in [-0.2, -0.15) is 0 Å². The van der Waals surface area contributed by atoms with E-state index in [9.17, 15) is 19.5 Å². The first-order valence-electron chi connectivity index (χ1n) is 14.7. The lowest BCUT2D eigenvalue weighted by Crippen LogP contribution is -2.30. The van der Waals surface area contributed by atoms with Gasteiger partial charge in [0.2, 0.25) is 5.95 Å². The number of nitrogens with two attached hydrogens (primary N) is 2. The number of urea groups is 1. The Morgan fingerprint density at radius 1 is 0.956 bits per heavy atom. The van der Waals surface area contributed by atoms with E-state index >= 15 is 0 Å². The molecule has 3 aromatic carbocycles. The first-order chi connectivity index (χ1) is 21.7. The molecular weight excluding hydrogens is 574 g/mol. The van der Waals surface area contributed by atoms with E-state index in [1.807, 2.05) is 30.5 Å². The molecule has 236 valence electrons. The number of hydrogen-bond acceptors (Lipinski definition) is 6. The van der Waals surface area contributed by atoms with E-state index in [-0.39, 0.29) is 23.6 Å². The summed E-state index contributed by atoms with van der Waals surface area (Å²) in [6.45, 7) is 5.48. The molecule has 0 radical (unpaired) electrons. The van der Waals surface area contributed by atoms with Crippen LogP contribution in [0.4, 0.5) is 16.4 Å². The Kier molecular flexibility index (Phi) is 10.9. The van der Waals surface area contributed by atoms with Crippen LogP contribution in [0.3, 0.4) is 0 Å². The van der Waals surface area contributed by atoms with Crippen molar-refractivity contribution >= 4 is 46.5 Å². The number of hydrogen-bond donors (Lipinski definition) is 7. The summed E-state index contributed by atoms with van der Waals surface area (Å²) in [4.78, 5) is 47.7. The number of fused-ring (bicyclic) bond motifs is 1. The van der Waals surface area contributed by atoms with Gasteiger partial charge in [-0.3, -0.25) is 19.9 Å². The van der Waals surface area contributed by atoms with E-state index in [0.717, 1.165) is 17.5 Å². The van der Waals surface area contributed by atoms with Crippen molar-refractivity contribution in [2.24, 2.45) is 16.5 Å². The highest BCUT2D eigenvalue weighted by atomic mass is 16.3. The number of aliphatic imine (C=N–C) groups is 1. The van der Waals surface area contributed by atoms with Gasteiger partial charge < -0.3 is 37.1 Å². The minimum absolute atomic E-state index is 0.00371. The Labute approximate surface area is 261 Å². The number of guanidine groups is 1. The van der Waals surface area contributed by atoms with Gasteiger partial charge in [0.1, 0.15) is 5.75 Å². The number of carbonyl (C=O) groups excluding carboxylic acids is 3. The maximum Gasteiger partial charge on any atom is 0.319 e. The van der Waals surface area contributed by atoms with E-state index < -0.39 is 11.9 Å². The number of benzene rings is 3. The second-order valence-electron chi connectivity index (χ2n) is 10.5. The molecule has 0 aliphatic carbocycles. The Bertz CT molecular complexity index is 1690. The van der Waals surface area contributed by atoms with Gasteiger partial charge in [-0.25, -0.2) is 9.78 Å². The number of imidazole rings is 1. The van der Waals surface area contributed by atoms with Crippen LogP contribution in [0.2, 0.25) is 0 Å². The lowest BCUT2D eigenvalue weighted by atomic mass is 10.1. The van der Waals surface area contributed by atoms with E-state index in [2.05, 4.69) is 31.2 Å². The van der Waals surface area contributed by atoms with E-state index in [0.29, 0.717) is 66.9 Å². The van der Waals surface area contributed by atoms with Crippen LogP contribution in [0, 0.1) is 6.92 Å². The number of nitrogens with zero attached hydrogens (tertiary/aromatic N) is 3. The second-order valence-corrected chi connectivity index (χ2v) is 10.5. The summed E-state index contributed by atoms with van der Waals surface area (Å²) in [6.07, 6.45) is 1.90. The second kappa shape index (κ2) is 15.2. The fourth-order valence-electron chi connectivity index (χ4n) is 4.65. The van der Waals surface area contributed by atoms with Gasteiger partial charge in [0, 0.05) is 37.4 Å². The van der Waals surface area contributed by atoms with Crippen molar-refractivity contribution in [1.82, 2.24) is 20.2 Å². The van der Waals surface area contributed by atoms with Gasteiger partial charge in [-0.1, -0.05) is 31.2 Å². The quantitative estimate of drug-likeness (QED) is 0.0679. The molecule has 4 aromatic rings. The lowest BCUT2D eigenvalue weighted by molar-refractivity contribution is 0.0954. The zero-order valence-corrected chi connectivity index (χ0v) is 25.4. The monoisotopic (exact) mass is 613 g/mol. The largest absolute Gasteiger partial charge is 0.508 e. The molecule has 0 bridgehead atoms. The van der Waals surface area contributed by atoms with Gasteiger partial charge >= 0.3 is 6.03 Å². The molecule has 13 nitrogen and oxygen atoms in total. The standard InChI is InChI=1S/C32H39N9O4/c1-3-15-35-29(44)24-6-4-7-25-27(24)41(18-14-21-9-12-23(42)13-10-21)31(38-25)40-28(43)22-11-8-20(2)26(19-22)39-32(45)37-17-5-16-36-30(33)34/h4,6-13,19,42H,3,5,14-18H2,1-2H3,(H,35,44)(H4,33,34,36)(H2,37,39,45)(H,38,40,43). The van der Waals surface area contributed by atoms with Gasteiger partial charge in [0.05, 0.1) is 16.6 Å². The molecule has 4 rings (SSSR count). The number of para-hydroxylation sites is 1. The zero-order valence-electron chi connectivity index (χ0n) is 25.4. The summed E-state index contributed by atoms with van der Waals surface area (Å²) in [7, 11) is 0. The van der Waals surface area contributed by atoms with Gasteiger partial charge in [0.25, 0.3) is 11.8 Å². The molecule has 0 saturated carbocycles. The third kappa shape index (κ3) is 8.72. The Balaban J connectivity index is 1.57. The predicted molar refractivity (Wildman–Crippen MR) is 176 cm³/mol. The molecule has 9 N–H and O–H groups in total. The van der Waals surface area contributed by atoms with Crippen molar-refractivity contribution in [3.8, 4) is 5.75 Å². The van der Waals surface area contributed by atoms with Crippen LogP contribution < -0.4 is 32.7 Å². The Hall–Kier alpha value is -5.59. The number of carbonyl (C=O) groups is 3. The van der Waals surface area contributed by atoms with Crippen LogP contribution in [0.1, 0.15) is 51.6 Å². The summed E-state index contributed by atoms with van der Waals surface area (Å²) in [5.41, 5.74) is 14.7. The maximum absolute atomic E-state index is 13.5. The van der Waals surface area contributed by atoms with Crippen LogP contribution in [0.5, 0.6) is 5.75 Å². The van der Waals surface area contributed by atoms with Crippen LogP contribution in [0.15, 0.2) is 65.7 Å². The van der Waals surface area contributed by atoms with Crippen molar-refractivity contribution in [3.63, 3.8) is 0 Å². The first kappa shape index (κ1) is 32.3. The highest BCUT2D eigenvalue weighted by Crippen LogP contribution is 2.26. The zero-order chi connectivity index (χ0) is 32.3. The van der Waals surface area contributed by atoms with Crippen LogP contribution >= 0.6 is 0 Å². The van der Waals surface area contributed by atoms with Gasteiger partial charge in [-0.15, -0.1) is 0 Å². The number of anilines is 2. The highest BCUT2D eigenvalue weighted by Gasteiger charge is 2.20. The predicted octanol–water partition coefficient (Wildman–Crippen LogP) is 3.47. The first-order valence-corrected chi connectivity index (χ1v) is 14.7. The number of phenols is 1. The SMILES string of the molecule is CCCNC(=O)c1cccc2nc(NC(=O)c3ccc(C)c(NC(=O)NCCCN=C(N)N)c3)n(CCc3ccc(O)cc3)c12. The average Bonchev–Trinajstić information content (AvgIpc) is 3.37. The lowest BCUT2D eigenvalue weighted by Gasteiger charge is -2.14. The molecule has 4 amide bonds. The molecule has 0 spiro atoms. The normalized spacial score (nSPS) is 10.7. The van der Waals surface area contributed by atoms with Crippen molar-refractivity contribution in [1.29, 1.82) is 0 Å². The van der Waals surface area contributed by atoms with E-state index in [4.69, 9.17) is 11.5 Å². The minimum Gasteiger partial charge on any atom is -0.508 e. The fourth-order valence-corrected chi connectivity index (χ4v) is 4.65. The Morgan fingerprint density at radius 3 is 2.47 bits per heavy atom. The molecule has 0 aliphatic rings. The number of aromatic nitrogens is 2. The third-order valence-corrected chi connectivity index (χ3v) is 7.00. The number of aromatic hydroxyl groups is 1. The summed E-state index contributed by atoms with van der Waals surface area (Å²) in [5, 5.41) is 21.0. The topological polar surface area (TPSA) is 202 Å². The van der Waals surface area contributed by atoms with Gasteiger partial charge in [0.15, 0.2) is 5.96 Å². The number of nitrogens with one attached hydrogen (secondary N) is 4. The molecule has 1 aromatic heterocycles. The molecule has 1 heterocycles. The number of rotatable bonds is 13. The molecule has 0 saturated heterocycles. The van der Waals surface area contributed by atoms with Crippen molar-refractivity contribution in [2.45, 2.75) is 39.7 Å². The van der Waals surface area contributed by atoms with Crippen LogP contribution in [-0.4, -0.2) is 58.1 Å². The molecule has 0 unspecified atom stereocenters. The highest BCUT2D eigenvalue weighted by molar-refractivity contribution is 6.08. The summed E-state index contributed by atoms with van der Waals surface area (Å²) in [6, 6.07) is 16.7. The van der Waals surface area contributed by atoms with Gasteiger partial charge in [-0.05, 0) is 73.7 Å². The fraction of sp³-hybridized carbons (Fsp3) is 0.281. The summed E-state index contributed by atoms with van der Waals surface area (Å²) >= 11 is 0. The van der Waals surface area contributed by atoms with E-state index in [1.54, 1.807) is 48.5 Å². The van der Waals surface area contributed by atoms with Crippen molar-refractivity contribution < 1.29 is 19.5 Å². The summed E-state index contributed by atoms with van der Waals surface area (Å²) in [5.74, 6) is -0.222. The maximum atomic E-state index is 13.5. The molecule has 0 fully saturated rings. The van der Waals surface area contributed by atoms with E-state index in [1.165, 1.54) is 0 Å². The van der Waals surface area contributed by atoms with Crippen molar-refractivity contribution in [2.75, 3.05) is 30.3 Å².